The Balaban J connectivity index is 1.58. The largest absolute Gasteiger partial charge is 0.496 e. The molecule has 0 bridgehead atoms. The van der Waals surface area contributed by atoms with Crippen LogP contribution < -0.4 is 19.6 Å². The molecule has 1 aliphatic rings. The number of hydrogen-bond donors (Lipinski definition) is 0. The van der Waals surface area contributed by atoms with Gasteiger partial charge in [0.1, 0.15) is 23.3 Å². The van der Waals surface area contributed by atoms with Crippen molar-refractivity contribution in [3.05, 3.63) is 125 Å². The van der Waals surface area contributed by atoms with Crippen molar-refractivity contribution in [2.45, 2.75) is 26.8 Å². The van der Waals surface area contributed by atoms with Crippen LogP contribution in [0.2, 0.25) is 0 Å². The number of methoxy groups -OCH3 is 1. The van der Waals surface area contributed by atoms with Gasteiger partial charge in [-0.15, -0.1) is 0 Å². The third kappa shape index (κ3) is 5.14. The lowest BCUT2D eigenvalue weighted by atomic mass is 9.90. The van der Waals surface area contributed by atoms with Gasteiger partial charge in [0.2, 0.25) is 0 Å². The Bertz CT molecular complexity index is 2190. The van der Waals surface area contributed by atoms with E-state index in [2.05, 4.69) is 0 Å². The van der Waals surface area contributed by atoms with Crippen LogP contribution >= 0.6 is 11.3 Å². The molecule has 2 aromatic heterocycles. The maximum Gasteiger partial charge on any atom is 0.280 e. The van der Waals surface area contributed by atoms with E-state index in [0.29, 0.717) is 62.1 Å². The first-order valence-corrected chi connectivity index (χ1v) is 15.3. The van der Waals surface area contributed by atoms with E-state index in [1.165, 1.54) is 17.4 Å². The Labute approximate surface area is 262 Å². The van der Waals surface area contributed by atoms with Crippen LogP contribution in [-0.4, -0.2) is 40.5 Å². The Hall–Kier alpha value is -5.29. The fourth-order valence-corrected chi connectivity index (χ4v) is 6.86. The molecule has 5 aromatic rings. The number of ether oxygens (including phenoxy) is 1. The monoisotopic (exact) mass is 622 g/mol. The van der Waals surface area contributed by atoms with E-state index in [1.54, 1.807) is 59.9 Å². The molecule has 1 amide bonds. The van der Waals surface area contributed by atoms with Gasteiger partial charge in [-0.1, -0.05) is 53.8 Å². The number of para-hydroxylation sites is 1. The number of furan rings is 1. The molecule has 0 saturated heterocycles. The molecule has 0 unspecified atom stereocenters. The van der Waals surface area contributed by atoms with Crippen LogP contribution in [0.25, 0.3) is 28.2 Å². The molecule has 0 spiro atoms. The molecule has 45 heavy (non-hydrogen) atoms. The first kappa shape index (κ1) is 29.8. The number of benzene rings is 3. The number of carbonyl (C=O) groups excluding carboxylic acids is 1. The summed E-state index contributed by atoms with van der Waals surface area (Å²) in [5, 5.41) is 13.4. The molecule has 3 aromatic carbocycles. The zero-order valence-corrected chi connectivity index (χ0v) is 26.0. The van der Waals surface area contributed by atoms with E-state index in [0.717, 1.165) is 10.8 Å². The second kappa shape index (κ2) is 12.0. The molecule has 10 nitrogen and oxygen atoms in total. The number of hydrogen-bond acceptors (Lipinski definition) is 8. The summed E-state index contributed by atoms with van der Waals surface area (Å²) in [5.41, 5.74) is 1.54. The number of fused-ring (bicyclic) bond motifs is 2. The average molecular weight is 623 g/mol. The number of likely N-dealkylation sites (N-methyl/N-ethyl adjacent to an activating group) is 1. The van der Waals surface area contributed by atoms with Gasteiger partial charge in [0.25, 0.3) is 17.2 Å². The number of carbonyl (C=O) groups is 1. The molecule has 228 valence electrons. The van der Waals surface area contributed by atoms with Crippen molar-refractivity contribution >= 4 is 39.8 Å². The summed E-state index contributed by atoms with van der Waals surface area (Å²) in [6, 6.07) is 20.4. The smallest absolute Gasteiger partial charge is 0.280 e. The van der Waals surface area contributed by atoms with E-state index in [1.807, 2.05) is 50.2 Å². The highest BCUT2D eigenvalue weighted by molar-refractivity contribution is 7.07. The highest BCUT2D eigenvalue weighted by Crippen LogP contribution is 2.40. The van der Waals surface area contributed by atoms with Crippen molar-refractivity contribution in [1.29, 1.82) is 0 Å². The summed E-state index contributed by atoms with van der Waals surface area (Å²) in [6.45, 7) is 6.63. The molecule has 0 N–H and O–H groups in total. The number of nitro benzene ring substituents is 1. The van der Waals surface area contributed by atoms with Crippen molar-refractivity contribution in [2.75, 3.05) is 20.2 Å². The van der Waals surface area contributed by atoms with Gasteiger partial charge in [-0.05, 0) is 55.8 Å². The number of nitro groups is 1. The van der Waals surface area contributed by atoms with Gasteiger partial charge in [-0.25, -0.2) is 4.99 Å². The minimum absolute atomic E-state index is 0.0808. The first-order valence-electron chi connectivity index (χ1n) is 14.5. The molecular formula is C34H30N4O6S. The lowest BCUT2D eigenvalue weighted by Gasteiger charge is -2.30. The number of allylic oxidation sites excluding steroid dienone is 1. The van der Waals surface area contributed by atoms with Gasteiger partial charge >= 0.3 is 0 Å². The number of rotatable bonds is 8. The fourth-order valence-electron chi connectivity index (χ4n) is 5.83. The summed E-state index contributed by atoms with van der Waals surface area (Å²) >= 11 is 1.18. The minimum atomic E-state index is -0.809. The van der Waals surface area contributed by atoms with Gasteiger partial charge in [0, 0.05) is 30.8 Å². The Morgan fingerprint density at radius 3 is 2.56 bits per heavy atom. The molecule has 6 rings (SSSR count). The number of nitrogens with zero attached hydrogens (tertiary/aromatic N) is 4. The summed E-state index contributed by atoms with van der Waals surface area (Å²) < 4.78 is 13.7. The molecule has 3 heterocycles. The number of aromatic nitrogens is 1. The summed E-state index contributed by atoms with van der Waals surface area (Å²) in [5.74, 6) is 1.01. The van der Waals surface area contributed by atoms with Crippen molar-refractivity contribution in [3.63, 3.8) is 0 Å². The van der Waals surface area contributed by atoms with Crippen molar-refractivity contribution in [1.82, 2.24) is 9.47 Å². The molecule has 11 heteroatoms. The molecular weight excluding hydrogens is 592 g/mol. The van der Waals surface area contributed by atoms with Crippen molar-refractivity contribution in [2.24, 2.45) is 4.99 Å². The molecule has 0 fully saturated rings. The summed E-state index contributed by atoms with van der Waals surface area (Å²) in [4.78, 5) is 46.4. The Kier molecular flexibility index (Phi) is 7.94. The van der Waals surface area contributed by atoms with Gasteiger partial charge < -0.3 is 14.1 Å². The highest BCUT2D eigenvalue weighted by Gasteiger charge is 2.36. The second-order valence-electron chi connectivity index (χ2n) is 10.4. The van der Waals surface area contributed by atoms with E-state index in [-0.39, 0.29) is 17.2 Å². The van der Waals surface area contributed by atoms with Crippen LogP contribution in [0.15, 0.2) is 98.3 Å². The zero-order chi connectivity index (χ0) is 31.8. The van der Waals surface area contributed by atoms with E-state index in [9.17, 15) is 19.7 Å². The second-order valence-corrected chi connectivity index (χ2v) is 11.4. The summed E-state index contributed by atoms with van der Waals surface area (Å²) in [7, 11) is 1.57. The molecule has 0 saturated carbocycles. The van der Waals surface area contributed by atoms with Crippen LogP contribution in [0.4, 0.5) is 5.69 Å². The Morgan fingerprint density at radius 2 is 1.82 bits per heavy atom. The van der Waals surface area contributed by atoms with E-state index >= 15 is 0 Å². The molecule has 0 aliphatic carbocycles. The standard InChI is InChI=1S/C34H30N4O6S/c1-5-36(6-2)33(40)29-20(3)35-34-37(31(29)30-23-12-8-7-11-21(23)15-17-27(30)43-4)32(39)28(45-34)19-22-16-18-26(44-22)24-13-9-10-14-25(24)38(41)42/h7-19,31H,5-6H2,1-4H3/b28-19+/t31-/m1/s1. The SMILES string of the molecule is CCN(CC)C(=O)C1=C(C)N=c2s/c(=C/c3ccc(-c4ccccc4[N+](=O)[O-])o3)c(=O)n2[C@H]1c1c(OC)ccc2ccccc12. The Morgan fingerprint density at radius 1 is 1.09 bits per heavy atom. The predicted octanol–water partition coefficient (Wildman–Crippen LogP) is 5.43. The van der Waals surface area contributed by atoms with Crippen molar-refractivity contribution < 1.29 is 18.9 Å². The average Bonchev–Trinajstić information content (AvgIpc) is 3.64. The number of amides is 1. The minimum Gasteiger partial charge on any atom is -0.496 e. The van der Waals surface area contributed by atoms with Crippen LogP contribution in [0.3, 0.4) is 0 Å². The topological polar surface area (TPSA) is 120 Å². The third-order valence-corrected chi connectivity index (χ3v) is 8.98. The van der Waals surface area contributed by atoms with Gasteiger partial charge in [-0.3, -0.25) is 24.3 Å². The number of thiazole rings is 1. The third-order valence-electron chi connectivity index (χ3n) is 7.99. The van der Waals surface area contributed by atoms with Gasteiger partial charge in [0.15, 0.2) is 4.80 Å². The fraction of sp³-hybridized carbons (Fsp3) is 0.206. The van der Waals surface area contributed by atoms with Crippen LogP contribution in [0.1, 0.15) is 38.1 Å². The first-order chi connectivity index (χ1) is 21.8. The van der Waals surface area contributed by atoms with Crippen LogP contribution in [-0.2, 0) is 4.79 Å². The predicted molar refractivity (Wildman–Crippen MR) is 173 cm³/mol. The quantitative estimate of drug-likeness (QED) is 0.168. The maximum atomic E-state index is 14.3. The molecule has 1 aliphatic heterocycles. The van der Waals surface area contributed by atoms with Crippen LogP contribution in [0.5, 0.6) is 5.75 Å². The zero-order valence-electron chi connectivity index (χ0n) is 25.1. The van der Waals surface area contributed by atoms with Crippen LogP contribution in [0, 0.1) is 10.1 Å². The van der Waals surface area contributed by atoms with Crippen molar-refractivity contribution in [3.8, 4) is 17.1 Å². The van der Waals surface area contributed by atoms with E-state index in [4.69, 9.17) is 14.1 Å². The van der Waals surface area contributed by atoms with E-state index < -0.39 is 11.0 Å². The molecule has 0 radical (unpaired) electrons. The lowest BCUT2D eigenvalue weighted by Crippen LogP contribution is -2.43. The maximum absolute atomic E-state index is 14.3. The highest BCUT2D eigenvalue weighted by atomic mass is 32.1. The van der Waals surface area contributed by atoms with Gasteiger partial charge in [-0.2, -0.15) is 0 Å². The van der Waals surface area contributed by atoms with Gasteiger partial charge in [0.05, 0.1) is 33.4 Å². The summed E-state index contributed by atoms with van der Waals surface area (Å²) in [6.07, 6.45) is 1.60. The molecule has 1 atom stereocenters. The normalized spacial score (nSPS) is 14.8. The lowest BCUT2D eigenvalue weighted by molar-refractivity contribution is -0.384.